The molecule has 0 aliphatic heterocycles. The van der Waals surface area contributed by atoms with Crippen LogP contribution in [0.5, 0.6) is 5.75 Å². The zero-order valence-electron chi connectivity index (χ0n) is 23.4. The van der Waals surface area contributed by atoms with Crippen LogP contribution in [-0.4, -0.2) is 61.0 Å². The lowest BCUT2D eigenvalue weighted by atomic mass is 10.1. The molecule has 0 radical (unpaired) electrons. The number of carboxylic acids is 1. The number of hydrogen-bond acceptors (Lipinski definition) is 5. The predicted octanol–water partition coefficient (Wildman–Crippen LogP) is 7.07. The Bertz CT molecular complexity index is 1270. The van der Waals surface area contributed by atoms with E-state index in [9.17, 15) is 19.1 Å². The van der Waals surface area contributed by atoms with Gasteiger partial charge in [-0.15, -0.1) is 0 Å². The normalized spacial score (nSPS) is 11.6. The Balaban J connectivity index is 1.50. The number of urea groups is 1. The molecule has 11 heteroatoms. The lowest BCUT2D eigenvalue weighted by molar-refractivity contribution is -0.149. The first-order valence-electron chi connectivity index (χ1n) is 13.6. The molecule has 0 aliphatic rings. The Morgan fingerprint density at radius 2 is 1.69 bits per heavy atom. The van der Waals surface area contributed by atoms with Gasteiger partial charge in [0.15, 0.2) is 6.10 Å². The summed E-state index contributed by atoms with van der Waals surface area (Å²) in [6, 6.07) is 17.7. The number of nitrogens with one attached hydrogen (secondary N) is 1. The van der Waals surface area contributed by atoms with Crippen LogP contribution in [0.2, 0.25) is 10.0 Å². The number of halogens is 3. The van der Waals surface area contributed by atoms with Crippen molar-refractivity contribution in [1.82, 2.24) is 4.90 Å². The van der Waals surface area contributed by atoms with Gasteiger partial charge < -0.3 is 29.5 Å². The van der Waals surface area contributed by atoms with Crippen molar-refractivity contribution in [1.29, 1.82) is 0 Å². The van der Waals surface area contributed by atoms with Gasteiger partial charge in [0.25, 0.3) is 0 Å². The molecule has 3 rings (SSSR count). The molecule has 0 aliphatic carbocycles. The Morgan fingerprint density at radius 1 is 0.952 bits per heavy atom. The van der Waals surface area contributed by atoms with Crippen molar-refractivity contribution >= 4 is 40.9 Å². The number of anilines is 1. The van der Waals surface area contributed by atoms with E-state index in [1.54, 1.807) is 60.4 Å². The number of nitrogens with zero attached hydrogens (tertiary/aromatic N) is 1. The minimum Gasteiger partial charge on any atom is -0.492 e. The summed E-state index contributed by atoms with van der Waals surface area (Å²) < 4.78 is 30.5. The van der Waals surface area contributed by atoms with Crippen LogP contribution in [0.15, 0.2) is 66.7 Å². The Labute approximate surface area is 255 Å². The highest BCUT2D eigenvalue weighted by molar-refractivity contribution is 6.34. The summed E-state index contributed by atoms with van der Waals surface area (Å²) in [5.74, 6) is -0.867. The number of hydrogen-bond donors (Lipinski definition) is 2. The Kier molecular flexibility index (Phi) is 13.8. The standard InChI is InChI=1S/C31H35Cl2FN2O6/c1-2-41-29(30(37)38)18-22-8-10-28(11-9-22)42-15-13-36(31(39)35-27-7-5-6-26(34)20-27)12-3-4-14-40-21-23-16-24(32)19-25(33)17-23/h5-11,16-17,19-20,29H,2-4,12-15,18,21H2,1H3,(H,35,39)(H,37,38). The molecule has 0 saturated heterocycles. The van der Waals surface area contributed by atoms with Gasteiger partial charge in [-0.05, 0) is 79.4 Å². The Hall–Kier alpha value is -3.37. The number of aliphatic carboxylic acids is 1. The van der Waals surface area contributed by atoms with Gasteiger partial charge in [0.05, 0.1) is 13.2 Å². The minimum atomic E-state index is -1.01. The first-order chi connectivity index (χ1) is 20.2. The molecule has 0 heterocycles. The zero-order valence-corrected chi connectivity index (χ0v) is 24.9. The topological polar surface area (TPSA) is 97.3 Å². The molecular formula is C31H35Cl2FN2O6. The number of carboxylic acid groups (broad SMARTS) is 1. The van der Waals surface area contributed by atoms with Crippen LogP contribution in [0.1, 0.15) is 30.9 Å². The quantitative estimate of drug-likeness (QED) is 0.157. The molecule has 1 atom stereocenters. The van der Waals surface area contributed by atoms with Gasteiger partial charge in [-0.3, -0.25) is 0 Å². The third kappa shape index (κ3) is 11.9. The molecular weight excluding hydrogens is 586 g/mol. The first-order valence-corrected chi connectivity index (χ1v) is 14.4. The fourth-order valence-corrected chi connectivity index (χ4v) is 4.67. The van der Waals surface area contributed by atoms with E-state index in [0.717, 1.165) is 11.1 Å². The van der Waals surface area contributed by atoms with Crippen molar-refractivity contribution in [3.8, 4) is 5.75 Å². The largest absolute Gasteiger partial charge is 0.492 e. The number of unbranched alkanes of at least 4 members (excludes halogenated alkanes) is 1. The molecule has 0 aromatic heterocycles. The maximum Gasteiger partial charge on any atom is 0.333 e. The predicted molar refractivity (Wildman–Crippen MR) is 161 cm³/mol. The highest BCUT2D eigenvalue weighted by Gasteiger charge is 2.18. The van der Waals surface area contributed by atoms with Crippen molar-refractivity contribution in [2.75, 3.05) is 38.2 Å². The second kappa shape index (κ2) is 17.6. The number of amides is 2. The van der Waals surface area contributed by atoms with E-state index in [1.807, 2.05) is 0 Å². The van der Waals surface area contributed by atoms with Gasteiger partial charge in [0.2, 0.25) is 0 Å². The van der Waals surface area contributed by atoms with Gasteiger partial charge in [0.1, 0.15) is 18.2 Å². The van der Waals surface area contributed by atoms with Gasteiger partial charge >= 0.3 is 12.0 Å². The smallest absolute Gasteiger partial charge is 0.333 e. The maximum atomic E-state index is 13.6. The molecule has 3 aromatic rings. The highest BCUT2D eigenvalue weighted by Crippen LogP contribution is 2.20. The molecule has 2 amide bonds. The van der Waals surface area contributed by atoms with E-state index < -0.39 is 17.9 Å². The van der Waals surface area contributed by atoms with Crippen LogP contribution in [0, 0.1) is 5.82 Å². The second-order valence-electron chi connectivity index (χ2n) is 9.44. The molecule has 3 aromatic carbocycles. The molecule has 2 N–H and O–H groups in total. The molecule has 1 unspecified atom stereocenters. The molecule has 0 saturated carbocycles. The number of carbonyl (C=O) groups is 2. The lowest BCUT2D eigenvalue weighted by Crippen LogP contribution is -2.38. The van der Waals surface area contributed by atoms with Crippen molar-refractivity contribution in [3.63, 3.8) is 0 Å². The van der Waals surface area contributed by atoms with Crippen LogP contribution >= 0.6 is 23.2 Å². The van der Waals surface area contributed by atoms with E-state index >= 15 is 0 Å². The van der Waals surface area contributed by atoms with E-state index in [0.29, 0.717) is 60.7 Å². The number of benzene rings is 3. The molecule has 42 heavy (non-hydrogen) atoms. The first kappa shape index (κ1) is 33.1. The third-order valence-corrected chi connectivity index (χ3v) is 6.57. The monoisotopic (exact) mass is 620 g/mol. The van der Waals surface area contributed by atoms with Crippen molar-refractivity contribution < 1.29 is 33.3 Å². The Morgan fingerprint density at radius 3 is 2.36 bits per heavy atom. The summed E-state index contributed by atoms with van der Waals surface area (Å²) in [4.78, 5) is 26.0. The van der Waals surface area contributed by atoms with E-state index in [-0.39, 0.29) is 25.6 Å². The van der Waals surface area contributed by atoms with E-state index in [1.165, 1.54) is 18.2 Å². The lowest BCUT2D eigenvalue weighted by Gasteiger charge is -2.23. The zero-order chi connectivity index (χ0) is 30.3. The number of rotatable bonds is 17. The summed E-state index contributed by atoms with van der Waals surface area (Å²) in [5, 5.41) is 13.1. The fraction of sp³-hybridized carbons (Fsp3) is 0.355. The van der Waals surface area contributed by atoms with Crippen LogP contribution in [0.4, 0.5) is 14.9 Å². The molecule has 0 spiro atoms. The van der Waals surface area contributed by atoms with Crippen molar-refractivity contribution in [2.45, 2.75) is 38.9 Å². The van der Waals surface area contributed by atoms with Crippen LogP contribution in [0.3, 0.4) is 0 Å². The summed E-state index contributed by atoms with van der Waals surface area (Å²) in [6.45, 7) is 3.87. The van der Waals surface area contributed by atoms with E-state index in [4.69, 9.17) is 37.4 Å². The second-order valence-corrected chi connectivity index (χ2v) is 10.3. The SMILES string of the molecule is CCOC(Cc1ccc(OCCN(CCCCOCc2cc(Cl)cc(Cl)c2)C(=O)Nc2cccc(F)c2)cc1)C(=O)O. The summed E-state index contributed by atoms with van der Waals surface area (Å²) in [7, 11) is 0. The average molecular weight is 622 g/mol. The van der Waals surface area contributed by atoms with Gasteiger partial charge in [0, 0.05) is 41.9 Å². The molecule has 0 bridgehead atoms. The average Bonchev–Trinajstić information content (AvgIpc) is 2.94. The summed E-state index contributed by atoms with van der Waals surface area (Å²) >= 11 is 12.1. The van der Waals surface area contributed by atoms with Crippen LogP contribution < -0.4 is 10.1 Å². The maximum absolute atomic E-state index is 13.6. The third-order valence-electron chi connectivity index (χ3n) is 6.14. The number of carbonyl (C=O) groups excluding carboxylic acids is 1. The van der Waals surface area contributed by atoms with E-state index in [2.05, 4.69) is 5.32 Å². The number of ether oxygens (including phenoxy) is 3. The molecule has 226 valence electrons. The minimum absolute atomic E-state index is 0.221. The van der Waals surface area contributed by atoms with Gasteiger partial charge in [-0.1, -0.05) is 41.4 Å². The molecule has 0 fully saturated rings. The van der Waals surface area contributed by atoms with Crippen molar-refractivity contribution in [2.24, 2.45) is 0 Å². The van der Waals surface area contributed by atoms with Crippen LogP contribution in [-0.2, 0) is 27.3 Å². The summed E-state index contributed by atoms with van der Waals surface area (Å²) in [6.07, 6.45) is 0.715. The van der Waals surface area contributed by atoms with Gasteiger partial charge in [-0.2, -0.15) is 0 Å². The van der Waals surface area contributed by atoms with Crippen molar-refractivity contribution in [3.05, 3.63) is 93.7 Å². The summed E-state index contributed by atoms with van der Waals surface area (Å²) in [5.41, 5.74) is 2.04. The fourth-order valence-electron chi connectivity index (χ4n) is 4.10. The highest BCUT2D eigenvalue weighted by atomic mass is 35.5. The van der Waals surface area contributed by atoms with Gasteiger partial charge in [-0.25, -0.2) is 14.0 Å². The molecule has 8 nitrogen and oxygen atoms in total. The van der Waals surface area contributed by atoms with Crippen LogP contribution in [0.25, 0.3) is 0 Å².